The van der Waals surface area contributed by atoms with Crippen molar-refractivity contribution in [2.24, 2.45) is 17.3 Å². The summed E-state index contributed by atoms with van der Waals surface area (Å²) in [5.41, 5.74) is 0.111. The van der Waals surface area contributed by atoms with Crippen LogP contribution in [0.4, 0.5) is 22.0 Å². The van der Waals surface area contributed by atoms with Crippen molar-refractivity contribution in [1.82, 2.24) is 9.80 Å². The minimum atomic E-state index is -5.86. The van der Waals surface area contributed by atoms with Gasteiger partial charge in [0, 0.05) is 57.4 Å². The molecule has 1 saturated heterocycles. The van der Waals surface area contributed by atoms with Crippen molar-refractivity contribution in [2.75, 3.05) is 26.2 Å². The van der Waals surface area contributed by atoms with Crippen LogP contribution in [-0.4, -0.2) is 70.5 Å². The average molecular weight is 621 g/mol. The Morgan fingerprint density at radius 1 is 1.00 bits per heavy atom. The van der Waals surface area contributed by atoms with Crippen LogP contribution in [0.15, 0.2) is 47.1 Å². The van der Waals surface area contributed by atoms with Crippen molar-refractivity contribution >= 4 is 11.7 Å². The van der Waals surface area contributed by atoms with Crippen LogP contribution in [0, 0.1) is 17.3 Å². The number of hydrogen-bond acceptors (Lipinski definition) is 4. The first-order valence-corrected chi connectivity index (χ1v) is 15.9. The largest absolute Gasteiger partial charge is 0.456 e. The van der Waals surface area contributed by atoms with Crippen LogP contribution in [0.5, 0.6) is 0 Å². The zero-order valence-corrected chi connectivity index (χ0v) is 25.4. The number of carbonyl (C=O) groups excluding carboxylic acids is 2. The van der Waals surface area contributed by atoms with Crippen molar-refractivity contribution in [3.8, 4) is 0 Å². The fourth-order valence-corrected chi connectivity index (χ4v) is 9.27. The van der Waals surface area contributed by atoms with E-state index in [0.717, 1.165) is 53.9 Å². The summed E-state index contributed by atoms with van der Waals surface area (Å²) in [6, 6.07) is 7.89. The number of carbonyl (C=O) groups is 2. The highest BCUT2D eigenvalue weighted by Gasteiger charge is 2.79. The molecule has 6 rings (SSSR count). The molecule has 5 atom stereocenters. The zero-order valence-electron chi connectivity index (χ0n) is 25.4. The van der Waals surface area contributed by atoms with Gasteiger partial charge in [-0.1, -0.05) is 36.8 Å². The number of allylic oxidation sites excluding steroid dienone is 4. The van der Waals surface area contributed by atoms with Crippen LogP contribution >= 0.6 is 0 Å². The molecule has 2 saturated carbocycles. The Morgan fingerprint density at radius 3 is 2.41 bits per heavy atom. The third-order valence-corrected chi connectivity index (χ3v) is 11.6. The average Bonchev–Trinajstić information content (AvgIpc) is 3.09. The molecule has 1 amide bonds. The summed E-state index contributed by atoms with van der Waals surface area (Å²) < 4.78 is 71.9. The van der Waals surface area contributed by atoms with Gasteiger partial charge in [0.2, 0.25) is 5.91 Å². The monoisotopic (exact) mass is 620 g/mol. The first-order chi connectivity index (χ1) is 20.7. The number of alkyl halides is 5. The van der Waals surface area contributed by atoms with E-state index in [-0.39, 0.29) is 30.4 Å². The van der Waals surface area contributed by atoms with Crippen LogP contribution < -0.4 is 0 Å². The number of fused-ring (bicyclic) bond motifs is 4. The van der Waals surface area contributed by atoms with E-state index in [1.807, 2.05) is 29.2 Å². The number of nitrogens with zero attached hydrogens (tertiary/aromatic N) is 2. The van der Waals surface area contributed by atoms with Gasteiger partial charge in [-0.15, -0.1) is 0 Å². The summed E-state index contributed by atoms with van der Waals surface area (Å²) in [5.74, 6) is -6.32. The van der Waals surface area contributed by atoms with E-state index in [1.165, 1.54) is 6.92 Å². The summed E-state index contributed by atoms with van der Waals surface area (Å²) in [6.45, 7) is 6.71. The first-order valence-electron chi connectivity index (χ1n) is 15.9. The number of aliphatic hydroxyl groups is 1. The SMILES string of the molecule is CC(=O)N1CCCN(Cc2ccc([C@H]3C[C@@]4(C)C(CC[C@@]4(O)C(F)(F)C(F)(F)F)C4CCC5=CC(=O)CCC5=C43)cc2)CC1. The van der Waals surface area contributed by atoms with Gasteiger partial charge < -0.3 is 10.0 Å². The van der Waals surface area contributed by atoms with Gasteiger partial charge >= 0.3 is 12.1 Å². The maximum absolute atomic E-state index is 15.2. The third-order valence-electron chi connectivity index (χ3n) is 11.6. The van der Waals surface area contributed by atoms with Gasteiger partial charge in [-0.25, -0.2) is 0 Å². The van der Waals surface area contributed by atoms with E-state index >= 15 is 8.78 Å². The number of benzene rings is 1. The van der Waals surface area contributed by atoms with Crippen molar-refractivity contribution < 1.29 is 36.6 Å². The van der Waals surface area contributed by atoms with Crippen LogP contribution in [-0.2, 0) is 16.1 Å². The fraction of sp³-hybridized carbons (Fsp3) is 0.647. The first kappa shape index (κ1) is 31.4. The molecular weight excluding hydrogens is 579 g/mol. The molecule has 10 heteroatoms. The summed E-state index contributed by atoms with van der Waals surface area (Å²) >= 11 is 0. The second-order valence-corrected chi connectivity index (χ2v) is 13.8. The molecular formula is C34H41F5N2O3. The van der Waals surface area contributed by atoms with Crippen LogP contribution in [0.1, 0.15) is 82.3 Å². The highest BCUT2D eigenvalue weighted by molar-refractivity contribution is 5.93. The normalized spacial score (nSPS) is 33.4. The predicted molar refractivity (Wildman–Crippen MR) is 155 cm³/mol. The number of hydrogen-bond donors (Lipinski definition) is 1. The molecule has 0 radical (unpaired) electrons. The summed E-state index contributed by atoms with van der Waals surface area (Å²) in [6.07, 6.45) is -1.79. The molecule has 5 nitrogen and oxygen atoms in total. The second-order valence-electron chi connectivity index (χ2n) is 13.8. The Hall–Kier alpha value is -2.59. The maximum atomic E-state index is 15.2. The lowest BCUT2D eigenvalue weighted by atomic mass is 9.50. The highest BCUT2D eigenvalue weighted by atomic mass is 19.4. The molecule has 1 heterocycles. The number of ketones is 1. The molecule has 240 valence electrons. The third kappa shape index (κ3) is 4.95. The van der Waals surface area contributed by atoms with Gasteiger partial charge in [-0.05, 0) is 85.1 Å². The lowest BCUT2D eigenvalue weighted by Crippen LogP contribution is -2.65. The summed E-state index contributed by atoms with van der Waals surface area (Å²) in [4.78, 5) is 28.2. The smallest absolute Gasteiger partial charge is 0.383 e. The lowest BCUT2D eigenvalue weighted by molar-refractivity contribution is -0.362. The van der Waals surface area contributed by atoms with Crippen LogP contribution in [0.2, 0.25) is 0 Å². The van der Waals surface area contributed by atoms with Gasteiger partial charge in [0.1, 0.15) is 5.60 Å². The summed E-state index contributed by atoms with van der Waals surface area (Å²) in [7, 11) is 0. The van der Waals surface area contributed by atoms with E-state index in [1.54, 1.807) is 13.0 Å². The fourth-order valence-electron chi connectivity index (χ4n) is 9.27. The molecule has 0 aromatic heterocycles. The van der Waals surface area contributed by atoms with Crippen molar-refractivity contribution in [3.05, 3.63) is 58.2 Å². The van der Waals surface area contributed by atoms with Crippen LogP contribution in [0.25, 0.3) is 0 Å². The van der Waals surface area contributed by atoms with E-state index in [2.05, 4.69) is 4.90 Å². The molecule has 5 aliphatic rings. The molecule has 4 aliphatic carbocycles. The Labute approximate surface area is 255 Å². The molecule has 0 spiro atoms. The van der Waals surface area contributed by atoms with Crippen molar-refractivity contribution in [2.45, 2.75) is 95.4 Å². The standard InChI is InChI=1S/C34H41F5N2O3/c1-21(42)41-15-3-14-40(16-17-41)20-22-4-6-23(7-5-22)28-19-31(2)29(12-13-32(31,44)33(35,36)34(37,38)39)27-10-8-24-18-25(43)9-11-26(24)30(27)28/h4-7,18,27-29,44H,3,8-17,19-20H2,1-2H3/t27?,28-,29?,31+,32+/m1/s1. The highest BCUT2D eigenvalue weighted by Crippen LogP contribution is 2.70. The minimum Gasteiger partial charge on any atom is -0.383 e. The molecule has 1 aliphatic heterocycles. The molecule has 0 bridgehead atoms. The maximum Gasteiger partial charge on any atom is 0.456 e. The molecule has 1 aromatic rings. The minimum absolute atomic E-state index is 0.0251. The molecule has 2 unspecified atom stereocenters. The van der Waals surface area contributed by atoms with Gasteiger partial charge in [0.05, 0.1) is 0 Å². The van der Waals surface area contributed by atoms with Crippen LogP contribution in [0.3, 0.4) is 0 Å². The van der Waals surface area contributed by atoms with Gasteiger partial charge in [-0.3, -0.25) is 14.5 Å². The Bertz CT molecular complexity index is 1390. The number of halogens is 5. The summed E-state index contributed by atoms with van der Waals surface area (Å²) in [5, 5.41) is 11.5. The molecule has 44 heavy (non-hydrogen) atoms. The van der Waals surface area contributed by atoms with Gasteiger partial charge in [0.15, 0.2) is 5.78 Å². The quantitative estimate of drug-likeness (QED) is 0.387. The Balaban J connectivity index is 1.35. The molecule has 3 fully saturated rings. The Kier molecular flexibility index (Phi) is 7.88. The van der Waals surface area contributed by atoms with Crippen molar-refractivity contribution in [1.29, 1.82) is 0 Å². The predicted octanol–water partition coefficient (Wildman–Crippen LogP) is 6.57. The molecule has 1 N–H and O–H groups in total. The topological polar surface area (TPSA) is 60.9 Å². The van der Waals surface area contributed by atoms with E-state index in [0.29, 0.717) is 38.8 Å². The Morgan fingerprint density at radius 2 is 1.73 bits per heavy atom. The van der Waals surface area contributed by atoms with Crippen molar-refractivity contribution in [3.63, 3.8) is 0 Å². The number of rotatable bonds is 4. The van der Waals surface area contributed by atoms with E-state index < -0.39 is 41.4 Å². The van der Waals surface area contributed by atoms with Gasteiger partial charge in [0.25, 0.3) is 0 Å². The van der Waals surface area contributed by atoms with Gasteiger partial charge in [-0.2, -0.15) is 22.0 Å². The van der Waals surface area contributed by atoms with E-state index in [9.17, 15) is 27.9 Å². The second kappa shape index (κ2) is 11.0. The van der Waals surface area contributed by atoms with E-state index in [4.69, 9.17) is 0 Å². The molecule has 1 aromatic carbocycles. The number of amides is 1. The lowest BCUT2D eigenvalue weighted by Gasteiger charge is -2.56. The zero-order chi connectivity index (χ0) is 31.7.